The van der Waals surface area contributed by atoms with E-state index in [4.69, 9.17) is 5.11 Å². The fourth-order valence-corrected chi connectivity index (χ4v) is 1.69. The summed E-state index contributed by atoms with van der Waals surface area (Å²) in [6.45, 7) is 11.4. The van der Waals surface area contributed by atoms with Gasteiger partial charge in [-0.15, -0.1) is 0 Å². The normalized spacial score (nSPS) is 12.6. The topological polar surface area (TPSA) is 60.9 Å². The fourth-order valence-electron chi connectivity index (χ4n) is 1.69. The second-order valence-corrected chi connectivity index (χ2v) is 6.26. The number of hydrogen-bond acceptors (Lipinski definition) is 2. The first-order chi connectivity index (χ1) is 9.16. The zero-order valence-corrected chi connectivity index (χ0v) is 13.7. The second kappa shape index (κ2) is 8.82. The van der Waals surface area contributed by atoms with Crippen LogP contribution in [0.5, 0.6) is 0 Å². The molecule has 0 aliphatic heterocycles. The molecule has 0 aromatic carbocycles. The summed E-state index contributed by atoms with van der Waals surface area (Å²) >= 11 is 0. The van der Waals surface area contributed by atoms with Crippen molar-refractivity contribution in [2.75, 3.05) is 20.1 Å². The highest BCUT2D eigenvalue weighted by Gasteiger charge is 2.25. The molecular weight excluding hydrogens is 256 g/mol. The van der Waals surface area contributed by atoms with Crippen LogP contribution < -0.4 is 0 Å². The summed E-state index contributed by atoms with van der Waals surface area (Å²) in [5, 5.41) is 9.01. The quantitative estimate of drug-likeness (QED) is 0.746. The maximum atomic E-state index is 12.4. The number of hydrogen-bond donors (Lipinski definition) is 1. The highest BCUT2D eigenvalue weighted by atomic mass is 16.4. The van der Waals surface area contributed by atoms with Gasteiger partial charge in [-0.05, 0) is 31.6 Å². The minimum Gasteiger partial charge on any atom is -0.480 e. The van der Waals surface area contributed by atoms with Crippen LogP contribution in [0.3, 0.4) is 0 Å². The van der Waals surface area contributed by atoms with E-state index in [-0.39, 0.29) is 6.03 Å². The van der Waals surface area contributed by atoms with Crippen molar-refractivity contribution in [3.8, 4) is 0 Å². The number of carboxylic acids is 1. The molecule has 1 unspecified atom stereocenters. The Bertz CT molecular complexity index is 304. The van der Waals surface area contributed by atoms with Gasteiger partial charge >= 0.3 is 12.0 Å². The van der Waals surface area contributed by atoms with Crippen LogP contribution in [0.25, 0.3) is 0 Å². The molecule has 0 radical (unpaired) electrons. The molecule has 118 valence electrons. The Morgan fingerprint density at radius 1 is 0.950 bits per heavy atom. The molecule has 5 nitrogen and oxygen atoms in total. The second-order valence-electron chi connectivity index (χ2n) is 6.26. The van der Waals surface area contributed by atoms with Gasteiger partial charge in [-0.3, -0.25) is 0 Å². The van der Waals surface area contributed by atoms with Gasteiger partial charge in [0.2, 0.25) is 0 Å². The number of nitrogens with zero attached hydrogens (tertiary/aromatic N) is 2. The number of amides is 2. The number of aliphatic carboxylic acids is 1. The third-order valence-electron chi connectivity index (χ3n) is 3.46. The van der Waals surface area contributed by atoms with Crippen molar-refractivity contribution in [2.24, 2.45) is 11.8 Å². The largest absolute Gasteiger partial charge is 0.480 e. The van der Waals surface area contributed by atoms with E-state index < -0.39 is 12.0 Å². The Morgan fingerprint density at radius 2 is 1.35 bits per heavy atom. The first-order valence-corrected chi connectivity index (χ1v) is 7.41. The van der Waals surface area contributed by atoms with Crippen molar-refractivity contribution in [1.29, 1.82) is 0 Å². The molecule has 0 bridgehead atoms. The van der Waals surface area contributed by atoms with Gasteiger partial charge in [0.05, 0.1) is 0 Å². The average molecular weight is 286 g/mol. The Hall–Kier alpha value is -1.26. The van der Waals surface area contributed by atoms with Crippen molar-refractivity contribution in [1.82, 2.24) is 9.80 Å². The molecule has 0 saturated carbocycles. The Morgan fingerprint density at radius 3 is 1.65 bits per heavy atom. The predicted molar refractivity (Wildman–Crippen MR) is 80.7 cm³/mol. The molecule has 0 aromatic rings. The van der Waals surface area contributed by atoms with Crippen LogP contribution in [0.1, 0.15) is 47.5 Å². The van der Waals surface area contributed by atoms with Gasteiger partial charge in [0.15, 0.2) is 0 Å². The summed E-state index contributed by atoms with van der Waals surface area (Å²) < 4.78 is 0. The SMILES string of the molecule is CC(C)CCN(CCC(C)C)C(=O)N(C)C(C)C(=O)O. The van der Waals surface area contributed by atoms with Crippen LogP contribution in [-0.4, -0.2) is 53.1 Å². The van der Waals surface area contributed by atoms with Crippen LogP contribution in [0.15, 0.2) is 0 Å². The molecule has 2 amide bonds. The van der Waals surface area contributed by atoms with E-state index in [0.29, 0.717) is 24.9 Å². The summed E-state index contributed by atoms with van der Waals surface area (Å²) in [6, 6.07) is -0.996. The first kappa shape index (κ1) is 18.7. The van der Waals surface area contributed by atoms with E-state index in [1.54, 1.807) is 11.9 Å². The number of carboxylic acid groups (broad SMARTS) is 1. The molecular formula is C15H30N2O3. The molecule has 0 aliphatic carbocycles. The third-order valence-corrected chi connectivity index (χ3v) is 3.46. The molecule has 0 spiro atoms. The zero-order chi connectivity index (χ0) is 15.9. The number of carbonyl (C=O) groups is 2. The maximum Gasteiger partial charge on any atom is 0.326 e. The molecule has 0 aromatic heterocycles. The first-order valence-electron chi connectivity index (χ1n) is 7.41. The number of carbonyl (C=O) groups excluding carboxylic acids is 1. The van der Waals surface area contributed by atoms with Crippen molar-refractivity contribution in [3.63, 3.8) is 0 Å². The molecule has 1 atom stereocenters. The molecule has 1 N–H and O–H groups in total. The molecule has 0 heterocycles. The summed E-state index contributed by atoms with van der Waals surface area (Å²) in [7, 11) is 1.55. The molecule has 0 aliphatic rings. The van der Waals surface area contributed by atoms with E-state index in [2.05, 4.69) is 27.7 Å². The lowest BCUT2D eigenvalue weighted by Crippen LogP contribution is -2.48. The lowest BCUT2D eigenvalue weighted by molar-refractivity contribution is -0.141. The smallest absolute Gasteiger partial charge is 0.326 e. The van der Waals surface area contributed by atoms with Gasteiger partial charge in [0.1, 0.15) is 6.04 Å². The summed E-state index contributed by atoms with van der Waals surface area (Å²) in [5.41, 5.74) is 0. The van der Waals surface area contributed by atoms with E-state index in [0.717, 1.165) is 12.8 Å². The van der Waals surface area contributed by atoms with Gasteiger partial charge in [0.25, 0.3) is 0 Å². The molecule has 0 saturated heterocycles. The monoisotopic (exact) mass is 286 g/mol. The van der Waals surface area contributed by atoms with E-state index in [9.17, 15) is 9.59 Å². The predicted octanol–water partition coefficient (Wildman–Crippen LogP) is 2.91. The highest BCUT2D eigenvalue weighted by Crippen LogP contribution is 2.10. The van der Waals surface area contributed by atoms with Gasteiger partial charge in [-0.25, -0.2) is 9.59 Å². The molecule has 0 rings (SSSR count). The number of likely N-dealkylation sites (N-methyl/N-ethyl adjacent to an activating group) is 1. The van der Waals surface area contributed by atoms with Crippen LogP contribution in [0, 0.1) is 11.8 Å². The standard InChI is InChI=1S/C15H30N2O3/c1-11(2)7-9-17(10-8-12(3)4)15(20)16(6)13(5)14(18)19/h11-13H,7-10H2,1-6H3,(H,18,19). The third kappa shape index (κ3) is 6.78. The van der Waals surface area contributed by atoms with Crippen LogP contribution >= 0.6 is 0 Å². The van der Waals surface area contributed by atoms with Crippen molar-refractivity contribution in [3.05, 3.63) is 0 Å². The number of urea groups is 1. The fraction of sp³-hybridized carbons (Fsp3) is 0.867. The Labute approximate surface area is 122 Å². The van der Waals surface area contributed by atoms with Crippen molar-refractivity contribution < 1.29 is 14.7 Å². The van der Waals surface area contributed by atoms with Crippen molar-refractivity contribution in [2.45, 2.75) is 53.5 Å². The zero-order valence-electron chi connectivity index (χ0n) is 13.7. The van der Waals surface area contributed by atoms with Crippen LogP contribution in [-0.2, 0) is 4.79 Å². The Balaban J connectivity index is 4.72. The minimum atomic E-state index is -0.978. The maximum absolute atomic E-state index is 12.4. The summed E-state index contributed by atoms with van der Waals surface area (Å²) in [5.74, 6) is 0.0617. The summed E-state index contributed by atoms with van der Waals surface area (Å²) in [6.07, 6.45) is 1.86. The Kier molecular flexibility index (Phi) is 8.26. The molecule has 20 heavy (non-hydrogen) atoms. The van der Waals surface area contributed by atoms with Gasteiger partial charge in [0, 0.05) is 20.1 Å². The van der Waals surface area contributed by atoms with E-state index in [1.807, 2.05) is 0 Å². The number of rotatable bonds is 8. The summed E-state index contributed by atoms with van der Waals surface area (Å²) in [4.78, 5) is 26.5. The van der Waals surface area contributed by atoms with Gasteiger partial charge < -0.3 is 14.9 Å². The van der Waals surface area contributed by atoms with Crippen LogP contribution in [0.2, 0.25) is 0 Å². The van der Waals surface area contributed by atoms with Crippen LogP contribution in [0.4, 0.5) is 4.79 Å². The van der Waals surface area contributed by atoms with Gasteiger partial charge in [-0.2, -0.15) is 0 Å². The lowest BCUT2D eigenvalue weighted by atomic mass is 10.1. The van der Waals surface area contributed by atoms with Crippen molar-refractivity contribution >= 4 is 12.0 Å². The average Bonchev–Trinajstić information content (AvgIpc) is 2.35. The highest BCUT2D eigenvalue weighted by molar-refractivity contribution is 5.82. The molecule has 5 heteroatoms. The van der Waals surface area contributed by atoms with Gasteiger partial charge in [-0.1, -0.05) is 27.7 Å². The minimum absolute atomic E-state index is 0.193. The van der Waals surface area contributed by atoms with E-state index >= 15 is 0 Å². The lowest BCUT2D eigenvalue weighted by Gasteiger charge is -2.31. The van der Waals surface area contributed by atoms with E-state index in [1.165, 1.54) is 11.8 Å². The molecule has 0 fully saturated rings.